The van der Waals surface area contributed by atoms with Gasteiger partial charge < -0.3 is 4.84 Å². The Kier molecular flexibility index (Phi) is 4.12. The number of piperidine rings is 1. The Hall–Kier alpha value is -2.13. The number of benzene rings is 2. The van der Waals surface area contributed by atoms with Crippen LogP contribution < -0.4 is 0 Å². The molecule has 0 aliphatic carbocycles. The summed E-state index contributed by atoms with van der Waals surface area (Å²) in [6.45, 7) is 2.81. The summed E-state index contributed by atoms with van der Waals surface area (Å²) in [6.07, 6.45) is 3.18. The van der Waals surface area contributed by atoms with E-state index < -0.39 is 0 Å². The molecule has 1 atom stereocenters. The van der Waals surface area contributed by atoms with Crippen molar-refractivity contribution in [2.45, 2.75) is 31.9 Å². The van der Waals surface area contributed by atoms with Gasteiger partial charge in [-0.3, -0.25) is 4.90 Å². The molecule has 0 aromatic heterocycles. The van der Waals surface area contributed by atoms with Crippen molar-refractivity contribution in [1.82, 2.24) is 4.90 Å². The molecule has 118 valence electrons. The van der Waals surface area contributed by atoms with Crippen LogP contribution in [-0.4, -0.2) is 23.7 Å². The number of nitrogens with zero attached hydrogens (tertiary/aromatic N) is 2. The highest BCUT2D eigenvalue weighted by Crippen LogP contribution is 2.35. The molecule has 0 radical (unpaired) electrons. The first kappa shape index (κ1) is 14.5. The van der Waals surface area contributed by atoms with Crippen molar-refractivity contribution in [2.24, 2.45) is 5.16 Å². The predicted molar refractivity (Wildman–Crippen MR) is 92.4 cm³/mol. The molecule has 2 aliphatic rings. The third-order valence-electron chi connectivity index (χ3n) is 4.91. The highest BCUT2D eigenvalue weighted by atomic mass is 16.6. The van der Waals surface area contributed by atoms with Crippen LogP contribution in [0.3, 0.4) is 0 Å². The molecule has 0 N–H and O–H groups in total. The molecule has 2 heterocycles. The molecule has 23 heavy (non-hydrogen) atoms. The van der Waals surface area contributed by atoms with E-state index in [1.165, 1.54) is 29.8 Å². The van der Waals surface area contributed by atoms with Crippen molar-refractivity contribution in [3.63, 3.8) is 0 Å². The second kappa shape index (κ2) is 6.55. The Morgan fingerprint density at radius 1 is 0.957 bits per heavy atom. The van der Waals surface area contributed by atoms with E-state index >= 15 is 0 Å². The van der Waals surface area contributed by atoms with Gasteiger partial charge >= 0.3 is 0 Å². The van der Waals surface area contributed by atoms with Gasteiger partial charge in [0.1, 0.15) is 6.61 Å². The molecule has 4 rings (SSSR count). The van der Waals surface area contributed by atoms with E-state index in [1.54, 1.807) is 0 Å². The molecular formula is C20H22N2O. The quantitative estimate of drug-likeness (QED) is 0.802. The zero-order chi connectivity index (χ0) is 15.5. The Labute approximate surface area is 137 Å². The van der Waals surface area contributed by atoms with Crippen molar-refractivity contribution in [3.8, 4) is 0 Å². The summed E-state index contributed by atoms with van der Waals surface area (Å²) in [5.74, 6) is 0. The summed E-state index contributed by atoms with van der Waals surface area (Å²) in [5.41, 5.74) is 5.34. The van der Waals surface area contributed by atoms with Crippen LogP contribution in [-0.2, 0) is 17.9 Å². The summed E-state index contributed by atoms with van der Waals surface area (Å²) in [6, 6.07) is 19.5. The number of fused-ring (bicyclic) bond motifs is 3. The van der Waals surface area contributed by atoms with E-state index in [9.17, 15) is 0 Å². The Bertz CT molecular complexity index is 696. The fourth-order valence-electron chi connectivity index (χ4n) is 3.66. The molecule has 2 aromatic rings. The highest BCUT2D eigenvalue weighted by Gasteiger charge is 2.31. The predicted octanol–water partition coefficient (Wildman–Crippen LogP) is 3.95. The van der Waals surface area contributed by atoms with E-state index in [0.29, 0.717) is 12.6 Å². The van der Waals surface area contributed by atoms with Crippen molar-refractivity contribution in [1.29, 1.82) is 0 Å². The van der Waals surface area contributed by atoms with Crippen LogP contribution in [0.5, 0.6) is 0 Å². The lowest BCUT2D eigenvalue weighted by Gasteiger charge is -2.40. The Morgan fingerprint density at radius 2 is 1.74 bits per heavy atom. The lowest BCUT2D eigenvalue weighted by molar-refractivity contribution is 0.122. The van der Waals surface area contributed by atoms with Gasteiger partial charge in [-0.15, -0.1) is 0 Å². The van der Waals surface area contributed by atoms with Gasteiger partial charge in [0, 0.05) is 32.0 Å². The molecular weight excluding hydrogens is 284 g/mol. The first-order chi connectivity index (χ1) is 11.4. The molecule has 1 saturated heterocycles. The maximum atomic E-state index is 5.60. The van der Waals surface area contributed by atoms with Gasteiger partial charge in [-0.2, -0.15) is 0 Å². The average molecular weight is 306 g/mol. The molecule has 1 unspecified atom stereocenters. The number of hydrogen-bond acceptors (Lipinski definition) is 3. The minimum atomic E-state index is 0.479. The SMILES string of the molecule is c1ccc(CON=C2CCN3CCc4ccccc4C3C2)cc1. The van der Waals surface area contributed by atoms with Crippen LogP contribution in [0.4, 0.5) is 0 Å². The van der Waals surface area contributed by atoms with Crippen molar-refractivity contribution >= 4 is 5.71 Å². The van der Waals surface area contributed by atoms with Gasteiger partial charge in [0.25, 0.3) is 0 Å². The maximum Gasteiger partial charge on any atom is 0.142 e. The van der Waals surface area contributed by atoms with Crippen LogP contribution in [0, 0.1) is 0 Å². The zero-order valence-electron chi connectivity index (χ0n) is 13.3. The second-order valence-corrected chi connectivity index (χ2v) is 6.37. The Morgan fingerprint density at radius 3 is 2.65 bits per heavy atom. The molecule has 0 saturated carbocycles. The summed E-state index contributed by atoms with van der Waals surface area (Å²) < 4.78 is 0. The fraction of sp³-hybridized carbons (Fsp3) is 0.350. The van der Waals surface area contributed by atoms with Gasteiger partial charge in [0.2, 0.25) is 0 Å². The van der Waals surface area contributed by atoms with Gasteiger partial charge in [-0.25, -0.2) is 0 Å². The van der Waals surface area contributed by atoms with E-state index in [4.69, 9.17) is 4.84 Å². The monoisotopic (exact) mass is 306 g/mol. The summed E-state index contributed by atoms with van der Waals surface area (Å²) in [5, 5.41) is 4.43. The molecule has 1 fully saturated rings. The van der Waals surface area contributed by atoms with E-state index in [1.807, 2.05) is 18.2 Å². The molecule has 0 bridgehead atoms. The van der Waals surface area contributed by atoms with Crippen LogP contribution in [0.25, 0.3) is 0 Å². The third-order valence-corrected chi connectivity index (χ3v) is 4.91. The van der Waals surface area contributed by atoms with Crippen molar-refractivity contribution in [2.75, 3.05) is 13.1 Å². The van der Waals surface area contributed by atoms with Gasteiger partial charge in [-0.1, -0.05) is 59.8 Å². The first-order valence-corrected chi connectivity index (χ1v) is 8.43. The van der Waals surface area contributed by atoms with Crippen LogP contribution in [0.1, 0.15) is 35.6 Å². The topological polar surface area (TPSA) is 24.8 Å². The molecule has 2 aromatic carbocycles. The lowest BCUT2D eigenvalue weighted by Crippen LogP contribution is -2.41. The molecule has 0 spiro atoms. The zero-order valence-corrected chi connectivity index (χ0v) is 13.3. The number of hydrogen-bond donors (Lipinski definition) is 0. The fourth-order valence-corrected chi connectivity index (χ4v) is 3.66. The summed E-state index contributed by atoms with van der Waals surface area (Å²) in [4.78, 5) is 8.19. The molecule has 0 amide bonds. The van der Waals surface area contributed by atoms with Crippen LogP contribution >= 0.6 is 0 Å². The smallest absolute Gasteiger partial charge is 0.142 e. The average Bonchev–Trinajstić information content (AvgIpc) is 2.62. The molecule has 3 heteroatoms. The van der Waals surface area contributed by atoms with E-state index in [-0.39, 0.29) is 0 Å². The largest absolute Gasteiger partial charge is 0.391 e. The maximum absolute atomic E-state index is 5.60. The van der Waals surface area contributed by atoms with Crippen molar-refractivity contribution < 1.29 is 4.84 Å². The second-order valence-electron chi connectivity index (χ2n) is 6.37. The first-order valence-electron chi connectivity index (χ1n) is 8.43. The minimum absolute atomic E-state index is 0.479. The Balaban J connectivity index is 1.44. The molecule has 3 nitrogen and oxygen atoms in total. The van der Waals surface area contributed by atoms with Crippen LogP contribution in [0.15, 0.2) is 59.8 Å². The van der Waals surface area contributed by atoms with Crippen molar-refractivity contribution in [3.05, 3.63) is 71.3 Å². The highest BCUT2D eigenvalue weighted by molar-refractivity contribution is 5.85. The van der Waals surface area contributed by atoms with E-state index in [2.05, 4.69) is 46.5 Å². The number of oxime groups is 1. The van der Waals surface area contributed by atoms with Crippen LogP contribution in [0.2, 0.25) is 0 Å². The standard InChI is InChI=1S/C20H22N2O/c1-2-6-16(7-3-1)15-23-21-18-11-13-22-12-10-17-8-4-5-9-19(17)20(22)14-18/h1-9,20H,10-15H2. The summed E-state index contributed by atoms with van der Waals surface area (Å²) >= 11 is 0. The van der Waals surface area contributed by atoms with Gasteiger partial charge in [0.05, 0.1) is 5.71 Å². The number of rotatable bonds is 3. The minimum Gasteiger partial charge on any atom is -0.391 e. The summed E-state index contributed by atoms with van der Waals surface area (Å²) in [7, 11) is 0. The lowest BCUT2D eigenvalue weighted by atomic mass is 9.86. The van der Waals surface area contributed by atoms with Gasteiger partial charge in [0.15, 0.2) is 0 Å². The molecule has 2 aliphatic heterocycles. The third kappa shape index (κ3) is 3.15. The van der Waals surface area contributed by atoms with E-state index in [0.717, 1.165) is 24.9 Å². The normalized spacial score (nSPS) is 22.4. The van der Waals surface area contributed by atoms with Gasteiger partial charge in [-0.05, 0) is 23.1 Å².